The van der Waals surface area contributed by atoms with E-state index in [1.165, 1.54) is 19.3 Å². The highest BCUT2D eigenvalue weighted by atomic mass is 16.6. The standard InChI is InChI=1S/C19H31N3O4/c1-19(2,3)26-18(24)20-10-9-17(23)21-14-15(16-8-7-13-25-16)22-11-5-4-6-12-22/h7-8,13,15H,4-6,9-12,14H2,1-3H3,(H,20,24)(H,21,23). The predicted octanol–water partition coefficient (Wildman–Crippen LogP) is 2.84. The van der Waals surface area contributed by atoms with Crippen LogP contribution in [0.5, 0.6) is 0 Å². The lowest BCUT2D eigenvalue weighted by Gasteiger charge is -2.33. The van der Waals surface area contributed by atoms with E-state index in [-0.39, 0.29) is 24.9 Å². The zero-order valence-corrected chi connectivity index (χ0v) is 16.0. The first-order chi connectivity index (χ1) is 12.3. The van der Waals surface area contributed by atoms with Crippen molar-refractivity contribution in [1.82, 2.24) is 15.5 Å². The second-order valence-corrected chi connectivity index (χ2v) is 7.61. The SMILES string of the molecule is CC(C)(C)OC(=O)NCCC(=O)NCC(c1ccco1)N1CCCCC1. The number of rotatable bonds is 7. The highest BCUT2D eigenvalue weighted by Gasteiger charge is 2.25. The van der Waals surface area contributed by atoms with Crippen LogP contribution in [0, 0.1) is 0 Å². The molecule has 1 aromatic rings. The van der Waals surface area contributed by atoms with E-state index in [0.29, 0.717) is 6.54 Å². The summed E-state index contributed by atoms with van der Waals surface area (Å²) in [5.74, 6) is 0.772. The molecule has 0 aromatic carbocycles. The maximum Gasteiger partial charge on any atom is 0.407 e. The number of amides is 2. The summed E-state index contributed by atoms with van der Waals surface area (Å²) in [5, 5.41) is 5.56. The molecule has 2 heterocycles. The van der Waals surface area contributed by atoms with Gasteiger partial charge in [-0.15, -0.1) is 0 Å². The highest BCUT2D eigenvalue weighted by molar-refractivity contribution is 5.77. The number of hydrogen-bond acceptors (Lipinski definition) is 5. The number of ether oxygens (including phenoxy) is 1. The third kappa shape index (κ3) is 7.07. The Labute approximate surface area is 155 Å². The molecule has 2 rings (SSSR count). The largest absolute Gasteiger partial charge is 0.468 e. The fourth-order valence-corrected chi connectivity index (χ4v) is 3.01. The van der Waals surface area contributed by atoms with Crippen LogP contribution in [0.3, 0.4) is 0 Å². The van der Waals surface area contributed by atoms with Gasteiger partial charge < -0.3 is 19.8 Å². The van der Waals surface area contributed by atoms with Gasteiger partial charge in [-0.1, -0.05) is 6.42 Å². The first-order valence-electron chi connectivity index (χ1n) is 9.36. The first-order valence-corrected chi connectivity index (χ1v) is 9.36. The van der Waals surface area contributed by atoms with Gasteiger partial charge in [-0.25, -0.2) is 4.79 Å². The van der Waals surface area contributed by atoms with Crippen molar-refractivity contribution in [2.24, 2.45) is 0 Å². The van der Waals surface area contributed by atoms with Crippen molar-refractivity contribution < 1.29 is 18.7 Å². The Morgan fingerprint density at radius 1 is 1.23 bits per heavy atom. The quantitative estimate of drug-likeness (QED) is 0.776. The molecule has 0 aliphatic carbocycles. The number of carbonyl (C=O) groups is 2. The Kier molecular flexibility index (Phi) is 7.50. The van der Waals surface area contributed by atoms with Gasteiger partial charge in [-0.05, 0) is 58.8 Å². The molecular formula is C19H31N3O4. The van der Waals surface area contributed by atoms with E-state index in [1.807, 2.05) is 12.1 Å². The van der Waals surface area contributed by atoms with Crippen LogP contribution >= 0.6 is 0 Å². The van der Waals surface area contributed by atoms with Crippen molar-refractivity contribution in [2.75, 3.05) is 26.2 Å². The normalized spacial score (nSPS) is 16.7. The van der Waals surface area contributed by atoms with E-state index in [9.17, 15) is 9.59 Å². The van der Waals surface area contributed by atoms with Gasteiger partial charge in [0.15, 0.2) is 0 Å². The highest BCUT2D eigenvalue weighted by Crippen LogP contribution is 2.24. The van der Waals surface area contributed by atoms with Crippen LogP contribution in [-0.4, -0.2) is 48.7 Å². The fourth-order valence-electron chi connectivity index (χ4n) is 3.01. The number of furan rings is 1. The molecule has 1 atom stereocenters. The number of carbonyl (C=O) groups excluding carboxylic acids is 2. The third-order valence-corrected chi connectivity index (χ3v) is 4.22. The molecule has 0 spiro atoms. The summed E-state index contributed by atoms with van der Waals surface area (Å²) in [6.07, 6.45) is 4.97. The van der Waals surface area contributed by atoms with Gasteiger partial charge in [0.25, 0.3) is 0 Å². The van der Waals surface area contributed by atoms with Gasteiger partial charge >= 0.3 is 6.09 Å². The van der Waals surface area contributed by atoms with E-state index < -0.39 is 11.7 Å². The smallest absolute Gasteiger partial charge is 0.407 e. The molecule has 7 heteroatoms. The van der Waals surface area contributed by atoms with Gasteiger partial charge in [-0.2, -0.15) is 0 Å². The molecule has 1 aliphatic rings. The third-order valence-electron chi connectivity index (χ3n) is 4.22. The zero-order chi connectivity index (χ0) is 19.0. The van der Waals surface area contributed by atoms with Crippen molar-refractivity contribution >= 4 is 12.0 Å². The van der Waals surface area contributed by atoms with E-state index in [2.05, 4.69) is 15.5 Å². The summed E-state index contributed by atoms with van der Waals surface area (Å²) >= 11 is 0. The lowest BCUT2D eigenvalue weighted by Crippen LogP contribution is -2.41. The van der Waals surface area contributed by atoms with Crippen molar-refractivity contribution in [1.29, 1.82) is 0 Å². The summed E-state index contributed by atoms with van der Waals surface area (Å²) in [5.41, 5.74) is -0.545. The van der Waals surface area contributed by atoms with E-state index in [4.69, 9.17) is 9.15 Å². The summed E-state index contributed by atoms with van der Waals surface area (Å²) in [7, 11) is 0. The lowest BCUT2D eigenvalue weighted by atomic mass is 10.1. The van der Waals surface area contributed by atoms with Crippen LogP contribution in [-0.2, 0) is 9.53 Å². The molecule has 1 fully saturated rings. The second kappa shape index (κ2) is 9.62. The van der Waals surface area contributed by atoms with Crippen LogP contribution in [0.15, 0.2) is 22.8 Å². The van der Waals surface area contributed by atoms with Crippen molar-refractivity contribution in [3.05, 3.63) is 24.2 Å². The summed E-state index contributed by atoms with van der Waals surface area (Å²) in [6, 6.07) is 3.88. The van der Waals surface area contributed by atoms with Crippen molar-refractivity contribution in [2.45, 2.75) is 58.1 Å². The number of nitrogens with zero attached hydrogens (tertiary/aromatic N) is 1. The van der Waals surface area contributed by atoms with Crippen molar-refractivity contribution in [3.63, 3.8) is 0 Å². The number of hydrogen-bond donors (Lipinski definition) is 2. The summed E-state index contributed by atoms with van der Waals surface area (Å²) in [6.45, 7) is 8.18. The van der Waals surface area contributed by atoms with Gasteiger partial charge in [0.05, 0.1) is 12.3 Å². The Bertz CT molecular complexity index is 560. The second-order valence-electron chi connectivity index (χ2n) is 7.61. The van der Waals surface area contributed by atoms with Gasteiger partial charge in [0.2, 0.25) is 5.91 Å². The minimum Gasteiger partial charge on any atom is -0.468 e. The minimum absolute atomic E-state index is 0.0491. The van der Waals surface area contributed by atoms with Crippen LogP contribution in [0.25, 0.3) is 0 Å². The fraction of sp³-hybridized carbons (Fsp3) is 0.684. The van der Waals surface area contributed by atoms with Crippen LogP contribution in [0.4, 0.5) is 4.79 Å². The topological polar surface area (TPSA) is 83.8 Å². The van der Waals surface area contributed by atoms with Crippen molar-refractivity contribution in [3.8, 4) is 0 Å². The molecule has 26 heavy (non-hydrogen) atoms. The van der Waals surface area contributed by atoms with Crippen LogP contribution < -0.4 is 10.6 Å². The predicted molar refractivity (Wildman–Crippen MR) is 98.7 cm³/mol. The average Bonchev–Trinajstić information content (AvgIpc) is 3.08. The van der Waals surface area contributed by atoms with Crippen LogP contribution in [0.1, 0.15) is 58.3 Å². The number of likely N-dealkylation sites (tertiary alicyclic amines) is 1. The average molecular weight is 365 g/mol. The first kappa shape index (κ1) is 20.3. The summed E-state index contributed by atoms with van der Waals surface area (Å²) < 4.78 is 10.7. The van der Waals surface area contributed by atoms with Gasteiger partial charge in [-0.3, -0.25) is 9.69 Å². The molecule has 146 valence electrons. The lowest BCUT2D eigenvalue weighted by molar-refractivity contribution is -0.121. The van der Waals surface area contributed by atoms with E-state index in [1.54, 1.807) is 27.0 Å². The number of alkyl carbamates (subject to hydrolysis) is 1. The maximum absolute atomic E-state index is 12.1. The molecule has 1 aliphatic heterocycles. The number of nitrogens with one attached hydrogen (secondary N) is 2. The van der Waals surface area contributed by atoms with E-state index >= 15 is 0 Å². The Morgan fingerprint density at radius 2 is 1.96 bits per heavy atom. The molecule has 7 nitrogen and oxygen atoms in total. The molecule has 0 radical (unpaired) electrons. The zero-order valence-electron chi connectivity index (χ0n) is 16.0. The molecule has 2 N–H and O–H groups in total. The Balaban J connectivity index is 1.75. The van der Waals surface area contributed by atoms with Gasteiger partial charge in [0.1, 0.15) is 11.4 Å². The minimum atomic E-state index is -0.545. The molecule has 1 aromatic heterocycles. The molecule has 0 bridgehead atoms. The molecule has 1 unspecified atom stereocenters. The Hall–Kier alpha value is -2.02. The Morgan fingerprint density at radius 3 is 2.58 bits per heavy atom. The van der Waals surface area contributed by atoms with Gasteiger partial charge in [0, 0.05) is 19.5 Å². The monoisotopic (exact) mass is 365 g/mol. The summed E-state index contributed by atoms with van der Waals surface area (Å²) in [4.78, 5) is 26.1. The van der Waals surface area contributed by atoms with E-state index in [0.717, 1.165) is 18.8 Å². The molecule has 1 saturated heterocycles. The molecule has 0 saturated carbocycles. The number of piperidine rings is 1. The molecular weight excluding hydrogens is 334 g/mol. The maximum atomic E-state index is 12.1. The molecule has 2 amide bonds. The van der Waals surface area contributed by atoms with Crippen LogP contribution in [0.2, 0.25) is 0 Å².